The van der Waals surface area contributed by atoms with Crippen LogP contribution in [0.1, 0.15) is 12.5 Å². The second-order valence-corrected chi connectivity index (χ2v) is 5.41. The molecule has 1 atom stereocenters. The highest BCUT2D eigenvalue weighted by Gasteiger charge is 2.29. The maximum Gasteiger partial charge on any atom is 0.337 e. The van der Waals surface area contributed by atoms with Crippen molar-refractivity contribution in [2.75, 3.05) is 13.2 Å². The van der Waals surface area contributed by atoms with Crippen LogP contribution >= 0.6 is 12.2 Å². The molecule has 0 spiro atoms. The van der Waals surface area contributed by atoms with Gasteiger partial charge in [-0.05, 0) is 36.8 Å². The van der Waals surface area contributed by atoms with Crippen molar-refractivity contribution in [1.29, 1.82) is 0 Å². The molecular formula is C15H16F2N2O3S. The van der Waals surface area contributed by atoms with Crippen LogP contribution in [-0.4, -0.2) is 35.4 Å². The summed E-state index contributed by atoms with van der Waals surface area (Å²) in [6, 6.07) is 2.87. The number of halogens is 2. The summed E-state index contributed by atoms with van der Waals surface area (Å²) in [6.45, 7) is 1.35. The number of carbonyl (C=O) groups excluding carboxylic acids is 1. The van der Waals surface area contributed by atoms with Crippen LogP contribution in [0.4, 0.5) is 8.78 Å². The van der Waals surface area contributed by atoms with Gasteiger partial charge < -0.3 is 20.5 Å². The fourth-order valence-corrected chi connectivity index (χ4v) is 2.53. The number of allylic oxidation sites excluding steroid dienone is 1. The molecule has 2 rings (SSSR count). The van der Waals surface area contributed by atoms with E-state index in [1.165, 1.54) is 6.07 Å². The van der Waals surface area contributed by atoms with E-state index in [2.05, 4.69) is 10.6 Å². The quantitative estimate of drug-likeness (QED) is 0.551. The smallest absolute Gasteiger partial charge is 0.337 e. The van der Waals surface area contributed by atoms with Gasteiger partial charge in [-0.3, -0.25) is 0 Å². The highest BCUT2D eigenvalue weighted by Crippen LogP contribution is 2.14. The van der Waals surface area contributed by atoms with Gasteiger partial charge in [0.1, 0.15) is 0 Å². The summed E-state index contributed by atoms with van der Waals surface area (Å²) in [4.78, 5) is 12.1. The Morgan fingerprint density at radius 1 is 1.39 bits per heavy atom. The molecule has 1 aliphatic heterocycles. The third-order valence-electron chi connectivity index (χ3n) is 3.37. The van der Waals surface area contributed by atoms with E-state index in [1.54, 1.807) is 6.92 Å². The van der Waals surface area contributed by atoms with Crippen molar-refractivity contribution in [2.45, 2.75) is 19.4 Å². The molecule has 0 saturated carbocycles. The minimum atomic E-state index is -0.943. The van der Waals surface area contributed by atoms with E-state index in [4.69, 9.17) is 17.0 Å². The Morgan fingerprint density at radius 2 is 2.13 bits per heavy atom. The number of aliphatic hydroxyl groups is 1. The van der Waals surface area contributed by atoms with E-state index in [9.17, 15) is 18.7 Å². The summed E-state index contributed by atoms with van der Waals surface area (Å²) in [7, 11) is 0. The summed E-state index contributed by atoms with van der Waals surface area (Å²) < 4.78 is 31.1. The van der Waals surface area contributed by atoms with Gasteiger partial charge >= 0.3 is 5.97 Å². The summed E-state index contributed by atoms with van der Waals surface area (Å²) in [6.07, 6.45) is 0.248. The van der Waals surface area contributed by atoms with Gasteiger partial charge in [0, 0.05) is 12.1 Å². The van der Waals surface area contributed by atoms with Crippen molar-refractivity contribution in [3.63, 3.8) is 0 Å². The van der Waals surface area contributed by atoms with Crippen LogP contribution in [0.25, 0.3) is 0 Å². The lowest BCUT2D eigenvalue weighted by Gasteiger charge is -2.28. The number of ether oxygens (including phenoxy) is 1. The Bertz CT molecular complexity index is 664. The molecule has 1 aliphatic rings. The number of thiocarbonyl (C=S) groups is 1. The number of nitrogens with one attached hydrogen (secondary N) is 2. The van der Waals surface area contributed by atoms with E-state index in [0.717, 1.165) is 12.1 Å². The van der Waals surface area contributed by atoms with Gasteiger partial charge in [0.2, 0.25) is 0 Å². The normalized spacial score (nSPS) is 17.6. The van der Waals surface area contributed by atoms with E-state index in [0.29, 0.717) is 16.4 Å². The molecule has 0 aromatic heterocycles. The second kappa shape index (κ2) is 7.47. The monoisotopic (exact) mass is 342 g/mol. The molecule has 0 amide bonds. The van der Waals surface area contributed by atoms with Crippen LogP contribution in [0, 0.1) is 11.6 Å². The molecule has 1 aromatic carbocycles. The number of hydrogen-bond donors (Lipinski definition) is 3. The minimum Gasteiger partial charge on any atom is -0.462 e. The first-order valence-electron chi connectivity index (χ1n) is 6.92. The molecule has 8 heteroatoms. The molecule has 0 aliphatic carbocycles. The first-order valence-corrected chi connectivity index (χ1v) is 7.33. The van der Waals surface area contributed by atoms with Gasteiger partial charge in [-0.15, -0.1) is 0 Å². The predicted octanol–water partition coefficient (Wildman–Crippen LogP) is 1.16. The summed E-state index contributed by atoms with van der Waals surface area (Å²) in [5.41, 5.74) is 1.28. The fraction of sp³-hybridized carbons (Fsp3) is 0.333. The lowest BCUT2D eigenvalue weighted by atomic mass is 10.0. The molecule has 0 bridgehead atoms. The summed E-state index contributed by atoms with van der Waals surface area (Å²) in [5, 5.41) is 15.2. The van der Waals surface area contributed by atoms with Crippen molar-refractivity contribution in [3.05, 3.63) is 46.7 Å². The lowest BCUT2D eigenvalue weighted by Crippen LogP contribution is -2.51. The van der Waals surface area contributed by atoms with Crippen molar-refractivity contribution in [2.24, 2.45) is 0 Å². The van der Waals surface area contributed by atoms with Crippen LogP contribution in [-0.2, 0) is 16.0 Å². The molecule has 0 saturated heterocycles. The third kappa shape index (κ3) is 4.23. The van der Waals surface area contributed by atoms with Crippen LogP contribution in [0.2, 0.25) is 0 Å². The SMILES string of the molecule is CC1=C(C(=O)OCCc2ccc(F)c(F)c2)C(CO)NC(=S)N1. The zero-order valence-corrected chi connectivity index (χ0v) is 13.2. The number of esters is 1. The lowest BCUT2D eigenvalue weighted by molar-refractivity contribution is -0.139. The minimum absolute atomic E-state index is 0.00325. The topological polar surface area (TPSA) is 70.6 Å². The van der Waals surface area contributed by atoms with Gasteiger partial charge in [-0.25, -0.2) is 13.6 Å². The van der Waals surface area contributed by atoms with Gasteiger partial charge in [0.25, 0.3) is 0 Å². The standard InChI is InChI=1S/C15H16F2N2O3S/c1-8-13(12(7-20)19-15(23)18-8)14(21)22-5-4-9-2-3-10(16)11(17)6-9/h2-3,6,12,20H,4-5,7H2,1H3,(H2,18,19,23). The first kappa shape index (κ1) is 17.3. The van der Waals surface area contributed by atoms with Crippen LogP contribution in [0.15, 0.2) is 29.5 Å². The maximum absolute atomic E-state index is 13.1. The number of hydrogen-bond acceptors (Lipinski definition) is 4. The van der Waals surface area contributed by atoms with Gasteiger partial charge in [-0.2, -0.15) is 0 Å². The zero-order valence-electron chi connectivity index (χ0n) is 12.4. The highest BCUT2D eigenvalue weighted by atomic mass is 32.1. The average Bonchev–Trinajstić information content (AvgIpc) is 2.49. The maximum atomic E-state index is 13.1. The molecule has 0 radical (unpaired) electrons. The molecule has 1 unspecified atom stereocenters. The molecule has 124 valence electrons. The summed E-state index contributed by atoms with van der Waals surface area (Å²) in [5.74, 6) is -2.47. The molecule has 23 heavy (non-hydrogen) atoms. The highest BCUT2D eigenvalue weighted by molar-refractivity contribution is 7.80. The largest absolute Gasteiger partial charge is 0.462 e. The predicted molar refractivity (Wildman–Crippen MR) is 83.5 cm³/mol. The van der Waals surface area contributed by atoms with Crippen molar-refractivity contribution in [3.8, 4) is 0 Å². The van der Waals surface area contributed by atoms with Crippen molar-refractivity contribution >= 4 is 23.3 Å². The third-order valence-corrected chi connectivity index (χ3v) is 3.59. The van der Waals surface area contributed by atoms with Gasteiger partial charge in [-0.1, -0.05) is 6.07 Å². The van der Waals surface area contributed by atoms with Gasteiger partial charge in [0.05, 0.1) is 24.8 Å². The molecule has 1 aromatic rings. The second-order valence-electron chi connectivity index (χ2n) is 5.01. The van der Waals surface area contributed by atoms with Crippen molar-refractivity contribution in [1.82, 2.24) is 10.6 Å². The Balaban J connectivity index is 1.97. The number of rotatable bonds is 5. The molecule has 0 fully saturated rings. The van der Waals surface area contributed by atoms with E-state index < -0.39 is 23.6 Å². The Labute approximate surface area is 137 Å². The Kier molecular flexibility index (Phi) is 5.62. The summed E-state index contributed by atoms with van der Waals surface area (Å²) >= 11 is 4.95. The van der Waals surface area contributed by atoms with Crippen LogP contribution in [0.5, 0.6) is 0 Å². The average molecular weight is 342 g/mol. The van der Waals surface area contributed by atoms with Gasteiger partial charge in [0.15, 0.2) is 16.7 Å². The van der Waals surface area contributed by atoms with E-state index in [1.807, 2.05) is 0 Å². The Morgan fingerprint density at radius 3 is 2.78 bits per heavy atom. The molecule has 3 N–H and O–H groups in total. The molecule has 5 nitrogen and oxygen atoms in total. The molecule has 1 heterocycles. The van der Waals surface area contributed by atoms with Crippen LogP contribution < -0.4 is 10.6 Å². The van der Waals surface area contributed by atoms with Crippen molar-refractivity contribution < 1.29 is 23.4 Å². The van der Waals surface area contributed by atoms with Crippen LogP contribution in [0.3, 0.4) is 0 Å². The zero-order chi connectivity index (χ0) is 17.0. The number of benzene rings is 1. The number of aliphatic hydroxyl groups excluding tert-OH is 1. The molecular weight excluding hydrogens is 326 g/mol. The number of carbonyl (C=O) groups is 1. The van der Waals surface area contributed by atoms with E-state index in [-0.39, 0.29) is 25.2 Å². The first-order chi connectivity index (χ1) is 10.9. The Hall–Kier alpha value is -2.06. The fourth-order valence-electron chi connectivity index (χ4n) is 2.23. The van der Waals surface area contributed by atoms with E-state index >= 15 is 0 Å².